The second kappa shape index (κ2) is 11.3. The molecule has 3 rings (SSSR count). The Morgan fingerprint density at radius 2 is 2.11 bits per heavy atom. The van der Waals surface area contributed by atoms with E-state index in [1.807, 2.05) is 35.0 Å². The molecule has 1 aromatic carbocycles. The number of carboxylic acid groups (broad SMARTS) is 1. The summed E-state index contributed by atoms with van der Waals surface area (Å²) in [5, 5.41) is 16.7. The number of para-hydroxylation sites is 1. The van der Waals surface area contributed by atoms with Gasteiger partial charge in [-0.25, -0.2) is 19.7 Å². The molecule has 8 nitrogen and oxygen atoms in total. The van der Waals surface area contributed by atoms with Crippen molar-refractivity contribution in [3.63, 3.8) is 0 Å². The number of allylic oxidation sites excluding steroid dienone is 1. The van der Waals surface area contributed by atoms with E-state index in [-0.39, 0.29) is 6.61 Å². The van der Waals surface area contributed by atoms with Crippen LogP contribution in [0.25, 0.3) is 17.0 Å². The predicted octanol–water partition coefficient (Wildman–Crippen LogP) is 3.27. The highest BCUT2D eigenvalue weighted by atomic mass is 17.1. The number of aliphatic carboxylic acids is 1. The summed E-state index contributed by atoms with van der Waals surface area (Å²) in [6.45, 7) is 0.683. The molecule has 2 heterocycles. The number of aromatic nitrogens is 3. The highest BCUT2D eigenvalue weighted by molar-refractivity contribution is 5.82. The van der Waals surface area contributed by atoms with Crippen LogP contribution in [0.5, 0.6) is 5.88 Å². The molecule has 0 atom stereocenters. The molecule has 8 heteroatoms. The fourth-order valence-corrected chi connectivity index (χ4v) is 2.29. The van der Waals surface area contributed by atoms with E-state index in [1.54, 1.807) is 19.6 Å². The zero-order chi connectivity index (χ0) is 20.2. The molecule has 0 aliphatic heterocycles. The van der Waals surface area contributed by atoms with Crippen molar-refractivity contribution in [3.8, 4) is 5.88 Å². The number of carboxylic acids is 1. The molecule has 0 radical (unpaired) electrons. The second-order valence-electron chi connectivity index (χ2n) is 5.48. The van der Waals surface area contributed by atoms with Gasteiger partial charge < -0.3 is 14.4 Å². The third kappa shape index (κ3) is 6.67. The van der Waals surface area contributed by atoms with Gasteiger partial charge >= 0.3 is 5.97 Å². The number of imidazole rings is 1. The number of hydrogen-bond acceptors (Lipinski definition) is 6. The van der Waals surface area contributed by atoms with Crippen LogP contribution in [-0.4, -0.2) is 44.6 Å². The van der Waals surface area contributed by atoms with Gasteiger partial charge in [0.05, 0.1) is 19.0 Å². The van der Waals surface area contributed by atoms with Gasteiger partial charge in [-0.3, -0.25) is 5.26 Å². The van der Waals surface area contributed by atoms with Crippen molar-refractivity contribution in [3.05, 3.63) is 72.8 Å². The molecule has 0 aliphatic carbocycles. The summed E-state index contributed by atoms with van der Waals surface area (Å²) < 4.78 is 7.36. The quantitative estimate of drug-likeness (QED) is 0.366. The van der Waals surface area contributed by atoms with Crippen molar-refractivity contribution in [2.24, 2.45) is 0 Å². The minimum absolute atomic E-state index is 0.0910. The molecule has 2 aromatic heterocycles. The van der Waals surface area contributed by atoms with Crippen molar-refractivity contribution < 1.29 is 24.8 Å². The van der Waals surface area contributed by atoms with Gasteiger partial charge in [-0.2, -0.15) is 0 Å². The molecule has 2 N–H and O–H groups in total. The van der Waals surface area contributed by atoms with Crippen LogP contribution in [0.1, 0.15) is 5.56 Å². The van der Waals surface area contributed by atoms with Gasteiger partial charge in [-0.1, -0.05) is 30.4 Å². The topological polar surface area (TPSA) is 107 Å². The Balaban J connectivity index is 0.000000300. The van der Waals surface area contributed by atoms with E-state index in [4.69, 9.17) is 15.1 Å². The number of pyridine rings is 1. The Labute approximate surface area is 161 Å². The fraction of sp³-hybridized carbons (Fsp3) is 0.150. The highest BCUT2D eigenvalue weighted by Gasteiger charge is 2.04. The number of ether oxygens (including phenoxy) is 1. The zero-order valence-electron chi connectivity index (χ0n) is 15.3. The maximum absolute atomic E-state index is 9.65. The monoisotopic (exact) mass is 383 g/mol. The lowest BCUT2D eigenvalue weighted by molar-refractivity contribution is -0.231. The van der Waals surface area contributed by atoms with Gasteiger partial charge in [0.15, 0.2) is 0 Å². The summed E-state index contributed by atoms with van der Waals surface area (Å²) in [6.07, 6.45) is 11.7. The fourth-order valence-electron chi connectivity index (χ4n) is 2.29. The van der Waals surface area contributed by atoms with E-state index < -0.39 is 5.97 Å². The number of hydrogen-bond donors (Lipinski definition) is 2. The zero-order valence-corrected chi connectivity index (χ0v) is 15.3. The lowest BCUT2D eigenvalue weighted by atomic mass is 10.1. The summed E-state index contributed by atoms with van der Waals surface area (Å²) >= 11 is 0. The maximum Gasteiger partial charge on any atom is 0.328 e. The Bertz CT molecular complexity index is 936. The molecule has 0 bridgehead atoms. The molecule has 28 heavy (non-hydrogen) atoms. The van der Waals surface area contributed by atoms with Crippen LogP contribution in [0, 0.1) is 0 Å². The van der Waals surface area contributed by atoms with Crippen molar-refractivity contribution in [2.75, 3.05) is 13.7 Å². The summed E-state index contributed by atoms with van der Waals surface area (Å²) in [5.41, 5.74) is 1.92. The summed E-state index contributed by atoms with van der Waals surface area (Å²) in [7, 11) is 1.64. The molecule has 0 unspecified atom stereocenters. The molecule has 0 saturated carbocycles. The summed E-state index contributed by atoms with van der Waals surface area (Å²) in [4.78, 5) is 21.7. The number of methoxy groups -OCH3 is 1. The Morgan fingerprint density at radius 1 is 1.29 bits per heavy atom. The lowest BCUT2D eigenvalue weighted by Gasteiger charge is -2.06. The van der Waals surface area contributed by atoms with Crippen molar-refractivity contribution in [1.82, 2.24) is 14.5 Å². The number of rotatable bonds is 7. The Kier molecular flexibility index (Phi) is 8.38. The smallest absolute Gasteiger partial charge is 0.328 e. The third-order valence-electron chi connectivity index (χ3n) is 3.51. The SMILES string of the molecule is COc1nc2ccccc2cc1/C=C/Cn1ccnc1.O=C(O)/C=C/COO. The van der Waals surface area contributed by atoms with Crippen LogP contribution in [-0.2, 0) is 16.2 Å². The van der Waals surface area contributed by atoms with Crippen LogP contribution in [0.3, 0.4) is 0 Å². The second-order valence-corrected chi connectivity index (χ2v) is 5.48. The molecular weight excluding hydrogens is 362 g/mol. The lowest BCUT2D eigenvalue weighted by Crippen LogP contribution is -1.93. The third-order valence-corrected chi connectivity index (χ3v) is 3.51. The van der Waals surface area contributed by atoms with Crippen molar-refractivity contribution >= 4 is 22.9 Å². The molecule has 0 amide bonds. The van der Waals surface area contributed by atoms with Crippen LogP contribution in [0.2, 0.25) is 0 Å². The molecule has 0 aliphatic rings. The molecule has 146 valence electrons. The first kappa shape index (κ1) is 20.8. The van der Waals surface area contributed by atoms with E-state index in [2.05, 4.69) is 33.1 Å². The van der Waals surface area contributed by atoms with Gasteiger partial charge in [-0.05, 0) is 18.2 Å². The average Bonchev–Trinajstić information content (AvgIpc) is 3.21. The average molecular weight is 383 g/mol. The van der Waals surface area contributed by atoms with Gasteiger partial charge in [0, 0.05) is 36.0 Å². The number of benzene rings is 1. The van der Waals surface area contributed by atoms with Crippen LogP contribution < -0.4 is 4.74 Å². The van der Waals surface area contributed by atoms with Crippen LogP contribution in [0.15, 0.2) is 67.3 Å². The van der Waals surface area contributed by atoms with Gasteiger partial charge in [0.25, 0.3) is 0 Å². The maximum atomic E-state index is 9.65. The van der Waals surface area contributed by atoms with E-state index >= 15 is 0 Å². The van der Waals surface area contributed by atoms with Crippen molar-refractivity contribution in [2.45, 2.75) is 6.54 Å². The summed E-state index contributed by atoms with van der Waals surface area (Å²) in [5.74, 6) is -0.410. The van der Waals surface area contributed by atoms with E-state index in [0.717, 1.165) is 29.1 Å². The van der Waals surface area contributed by atoms with Gasteiger partial charge in [0.1, 0.15) is 6.61 Å². The van der Waals surface area contributed by atoms with Crippen LogP contribution in [0.4, 0.5) is 0 Å². The number of nitrogens with zero attached hydrogens (tertiary/aromatic N) is 3. The van der Waals surface area contributed by atoms with Gasteiger partial charge in [-0.15, -0.1) is 0 Å². The first-order valence-electron chi connectivity index (χ1n) is 8.36. The predicted molar refractivity (Wildman–Crippen MR) is 105 cm³/mol. The first-order valence-corrected chi connectivity index (χ1v) is 8.36. The molecular formula is C20H21N3O5. The standard InChI is InChI=1S/C16H15N3O.C4H6O4/c1-20-16-14(6-4-9-19-10-8-17-12-19)11-13-5-2-3-7-15(13)18-16;5-4(6)2-1-3-8-7/h2-8,10-12H,9H2,1H3;1-2,7H,3H2,(H,5,6)/b6-4+;2-1+. The first-order chi connectivity index (χ1) is 13.6. The van der Waals surface area contributed by atoms with Crippen LogP contribution >= 0.6 is 0 Å². The molecule has 0 spiro atoms. The summed E-state index contributed by atoms with van der Waals surface area (Å²) in [6, 6.07) is 10.1. The van der Waals surface area contributed by atoms with E-state index in [1.165, 1.54) is 6.08 Å². The normalized spacial score (nSPS) is 10.9. The Hall–Kier alpha value is -3.49. The minimum atomic E-state index is -1.05. The minimum Gasteiger partial charge on any atom is -0.481 e. The molecule has 0 fully saturated rings. The van der Waals surface area contributed by atoms with E-state index in [0.29, 0.717) is 5.88 Å². The Morgan fingerprint density at radius 3 is 2.79 bits per heavy atom. The van der Waals surface area contributed by atoms with E-state index in [9.17, 15) is 4.79 Å². The number of carbonyl (C=O) groups is 1. The largest absolute Gasteiger partial charge is 0.481 e. The molecule has 3 aromatic rings. The number of fused-ring (bicyclic) bond motifs is 1. The van der Waals surface area contributed by atoms with Gasteiger partial charge in [0.2, 0.25) is 5.88 Å². The highest BCUT2D eigenvalue weighted by Crippen LogP contribution is 2.23. The van der Waals surface area contributed by atoms with Crippen molar-refractivity contribution in [1.29, 1.82) is 0 Å². The molecule has 0 saturated heterocycles.